The summed E-state index contributed by atoms with van der Waals surface area (Å²) in [5, 5.41) is 11.9. The Hall–Kier alpha value is -0.590. The van der Waals surface area contributed by atoms with E-state index >= 15 is 0 Å². The minimum Gasteiger partial charge on any atom is -0.317 e. The first-order chi connectivity index (χ1) is 6.86. The fraction of sp³-hybridized carbons (Fsp3) is 0.909. The Morgan fingerprint density at radius 1 is 1.43 bits per heavy atom. The first kappa shape index (κ1) is 11.5. The lowest BCUT2D eigenvalue weighted by Gasteiger charge is -2.31. The van der Waals surface area contributed by atoms with E-state index in [0.717, 1.165) is 19.0 Å². The Balaban J connectivity index is 2.09. The molecule has 0 saturated carbocycles. The highest BCUT2D eigenvalue weighted by atomic mass is 15.1. The monoisotopic (exact) mass is 195 g/mol. The molecule has 0 unspecified atom stereocenters. The molecule has 0 aromatic rings. The molecule has 80 valence electrons. The molecule has 3 nitrogen and oxygen atoms in total. The van der Waals surface area contributed by atoms with Crippen LogP contribution in [0.15, 0.2) is 0 Å². The first-order valence-electron chi connectivity index (χ1n) is 5.66. The van der Waals surface area contributed by atoms with Gasteiger partial charge in [-0.15, -0.1) is 0 Å². The highest BCUT2D eigenvalue weighted by Crippen LogP contribution is 2.16. The molecule has 0 spiro atoms. The number of nitrogens with one attached hydrogen (secondary N) is 1. The third-order valence-corrected chi connectivity index (χ3v) is 2.93. The van der Waals surface area contributed by atoms with E-state index in [1.165, 1.54) is 32.5 Å². The molecule has 0 bridgehead atoms. The Bertz CT molecular complexity index is 177. The number of hydrogen-bond acceptors (Lipinski definition) is 3. The van der Waals surface area contributed by atoms with Crippen molar-refractivity contribution in [1.82, 2.24) is 10.2 Å². The van der Waals surface area contributed by atoms with Gasteiger partial charge < -0.3 is 10.2 Å². The second-order valence-corrected chi connectivity index (χ2v) is 4.00. The van der Waals surface area contributed by atoms with Gasteiger partial charge in [0.15, 0.2) is 0 Å². The highest BCUT2D eigenvalue weighted by molar-refractivity contribution is 4.77. The molecule has 1 fully saturated rings. The lowest BCUT2D eigenvalue weighted by Crippen LogP contribution is -2.37. The van der Waals surface area contributed by atoms with Crippen molar-refractivity contribution in [2.24, 2.45) is 5.92 Å². The van der Waals surface area contributed by atoms with Gasteiger partial charge in [0.2, 0.25) is 0 Å². The highest BCUT2D eigenvalue weighted by Gasteiger charge is 2.17. The third-order valence-electron chi connectivity index (χ3n) is 2.93. The van der Waals surface area contributed by atoms with Crippen LogP contribution in [-0.4, -0.2) is 37.6 Å². The van der Waals surface area contributed by atoms with Crippen molar-refractivity contribution in [3.8, 4) is 6.07 Å². The Morgan fingerprint density at radius 2 is 2.14 bits per heavy atom. The molecule has 3 heteroatoms. The van der Waals surface area contributed by atoms with Crippen LogP contribution in [0.4, 0.5) is 0 Å². The van der Waals surface area contributed by atoms with Crippen LogP contribution in [0.3, 0.4) is 0 Å². The van der Waals surface area contributed by atoms with E-state index in [0.29, 0.717) is 6.42 Å². The van der Waals surface area contributed by atoms with Crippen molar-refractivity contribution in [1.29, 1.82) is 5.26 Å². The van der Waals surface area contributed by atoms with Crippen LogP contribution >= 0.6 is 0 Å². The molecule has 1 saturated heterocycles. The molecular weight excluding hydrogens is 174 g/mol. The van der Waals surface area contributed by atoms with Crippen molar-refractivity contribution in [2.45, 2.75) is 26.2 Å². The predicted molar refractivity (Wildman–Crippen MR) is 57.9 cm³/mol. The van der Waals surface area contributed by atoms with Gasteiger partial charge in [-0.3, -0.25) is 0 Å². The average molecular weight is 195 g/mol. The summed E-state index contributed by atoms with van der Waals surface area (Å²) in [6.45, 7) is 7.72. The lowest BCUT2D eigenvalue weighted by molar-refractivity contribution is 0.186. The number of likely N-dealkylation sites (tertiary alicyclic amines) is 1. The fourth-order valence-corrected chi connectivity index (χ4v) is 1.97. The number of piperidine rings is 1. The summed E-state index contributed by atoms with van der Waals surface area (Å²) in [4.78, 5) is 2.41. The summed E-state index contributed by atoms with van der Waals surface area (Å²) < 4.78 is 0. The zero-order valence-corrected chi connectivity index (χ0v) is 9.13. The van der Waals surface area contributed by atoms with Crippen molar-refractivity contribution >= 4 is 0 Å². The number of nitrogens with zero attached hydrogens (tertiary/aromatic N) is 2. The molecule has 0 aromatic heterocycles. The summed E-state index contributed by atoms with van der Waals surface area (Å²) >= 11 is 0. The molecule has 1 heterocycles. The number of hydrogen-bond donors (Lipinski definition) is 1. The topological polar surface area (TPSA) is 39.1 Å². The maximum Gasteiger partial charge on any atom is 0.0635 e. The predicted octanol–water partition coefficient (Wildman–Crippen LogP) is 1.22. The summed E-state index contributed by atoms with van der Waals surface area (Å²) in [5.41, 5.74) is 0. The van der Waals surface area contributed by atoms with Gasteiger partial charge in [-0.2, -0.15) is 5.26 Å². The second-order valence-electron chi connectivity index (χ2n) is 4.00. The molecule has 1 N–H and O–H groups in total. The summed E-state index contributed by atoms with van der Waals surface area (Å²) in [6, 6.07) is 2.21. The smallest absolute Gasteiger partial charge is 0.0635 e. The van der Waals surface area contributed by atoms with Crippen molar-refractivity contribution < 1.29 is 0 Å². The quantitative estimate of drug-likeness (QED) is 0.717. The van der Waals surface area contributed by atoms with E-state index < -0.39 is 0 Å². The normalized spacial score (nSPS) is 19.4. The molecule has 0 atom stereocenters. The third kappa shape index (κ3) is 4.08. The van der Waals surface area contributed by atoms with E-state index in [4.69, 9.17) is 5.26 Å². The van der Waals surface area contributed by atoms with Gasteiger partial charge in [-0.1, -0.05) is 6.92 Å². The lowest BCUT2D eigenvalue weighted by atomic mass is 9.97. The maximum atomic E-state index is 8.48. The van der Waals surface area contributed by atoms with Gasteiger partial charge in [0.05, 0.1) is 6.07 Å². The molecule has 0 amide bonds. The molecule has 0 aromatic carbocycles. The SMILES string of the molecule is CCNCC1CCN(CCC#N)CC1. The standard InChI is InChI=1S/C11H21N3/c1-2-13-10-11-4-8-14(9-5-11)7-3-6-12/h11,13H,2-5,7-10H2,1H3. The zero-order valence-electron chi connectivity index (χ0n) is 9.13. The van der Waals surface area contributed by atoms with Crippen LogP contribution in [0, 0.1) is 17.2 Å². The Kier molecular flexibility index (Phi) is 5.58. The Morgan fingerprint density at radius 3 is 2.71 bits per heavy atom. The number of rotatable bonds is 5. The van der Waals surface area contributed by atoms with E-state index in [9.17, 15) is 0 Å². The zero-order chi connectivity index (χ0) is 10.2. The summed E-state index contributed by atoms with van der Waals surface area (Å²) in [5.74, 6) is 0.855. The van der Waals surface area contributed by atoms with E-state index in [-0.39, 0.29) is 0 Å². The van der Waals surface area contributed by atoms with Gasteiger partial charge >= 0.3 is 0 Å². The van der Waals surface area contributed by atoms with Crippen molar-refractivity contribution in [2.75, 3.05) is 32.7 Å². The van der Waals surface area contributed by atoms with Crippen LogP contribution in [0.1, 0.15) is 26.2 Å². The molecular formula is C11H21N3. The van der Waals surface area contributed by atoms with Crippen molar-refractivity contribution in [3.05, 3.63) is 0 Å². The van der Waals surface area contributed by atoms with Crippen LogP contribution in [-0.2, 0) is 0 Å². The van der Waals surface area contributed by atoms with E-state index in [1.807, 2.05) is 0 Å². The van der Waals surface area contributed by atoms with Gasteiger partial charge in [-0.05, 0) is 44.9 Å². The average Bonchev–Trinajstić information content (AvgIpc) is 2.25. The van der Waals surface area contributed by atoms with Crippen LogP contribution in [0.25, 0.3) is 0 Å². The fourth-order valence-electron chi connectivity index (χ4n) is 1.97. The Labute approximate surface area is 87.1 Å². The van der Waals surface area contributed by atoms with Crippen LogP contribution in [0.2, 0.25) is 0 Å². The first-order valence-corrected chi connectivity index (χ1v) is 5.66. The molecule has 0 radical (unpaired) electrons. The van der Waals surface area contributed by atoms with Gasteiger partial charge in [0, 0.05) is 13.0 Å². The summed E-state index contributed by atoms with van der Waals surface area (Å²) in [6.07, 6.45) is 3.26. The minimum atomic E-state index is 0.678. The molecule has 1 rings (SSSR count). The summed E-state index contributed by atoms with van der Waals surface area (Å²) in [7, 11) is 0. The van der Waals surface area contributed by atoms with Gasteiger partial charge in [-0.25, -0.2) is 0 Å². The van der Waals surface area contributed by atoms with Crippen LogP contribution in [0.5, 0.6) is 0 Å². The number of nitriles is 1. The largest absolute Gasteiger partial charge is 0.317 e. The molecule has 1 aliphatic heterocycles. The van der Waals surface area contributed by atoms with Gasteiger partial charge in [0.1, 0.15) is 0 Å². The van der Waals surface area contributed by atoms with Crippen LogP contribution < -0.4 is 5.32 Å². The molecule has 0 aliphatic carbocycles. The van der Waals surface area contributed by atoms with Gasteiger partial charge in [0.25, 0.3) is 0 Å². The maximum absolute atomic E-state index is 8.48. The van der Waals surface area contributed by atoms with E-state index in [2.05, 4.69) is 23.2 Å². The molecule has 1 aliphatic rings. The molecule has 14 heavy (non-hydrogen) atoms. The van der Waals surface area contributed by atoms with Crippen molar-refractivity contribution in [3.63, 3.8) is 0 Å². The second kappa shape index (κ2) is 6.80. The minimum absolute atomic E-state index is 0.678. The van der Waals surface area contributed by atoms with E-state index in [1.54, 1.807) is 0 Å².